The van der Waals surface area contributed by atoms with Crippen LogP contribution in [0.15, 0.2) is 58.8 Å². The van der Waals surface area contributed by atoms with Crippen LogP contribution in [-0.4, -0.2) is 5.84 Å². The van der Waals surface area contributed by atoms with Crippen molar-refractivity contribution in [3.05, 3.63) is 59.3 Å². The molecule has 1 aliphatic carbocycles. The second kappa shape index (κ2) is 5.36. The standard InChI is InChI=1S/C19H22N2/c1-19(2,3)18-20-16-12-8-7-11-15(16)13-17(21-18)14-9-5-4-6-10-14/h5,7-13H,4,6H2,1-3H3,(H,20,21). The molecule has 0 spiro atoms. The van der Waals surface area contributed by atoms with Crippen LogP contribution in [0.4, 0.5) is 5.69 Å². The van der Waals surface area contributed by atoms with Crippen molar-refractivity contribution in [3.63, 3.8) is 0 Å². The molecule has 2 heteroatoms. The molecule has 21 heavy (non-hydrogen) atoms. The summed E-state index contributed by atoms with van der Waals surface area (Å²) in [7, 11) is 0. The Morgan fingerprint density at radius 1 is 1.10 bits per heavy atom. The number of benzene rings is 1. The van der Waals surface area contributed by atoms with Crippen molar-refractivity contribution < 1.29 is 0 Å². The quantitative estimate of drug-likeness (QED) is 0.769. The average molecular weight is 278 g/mol. The smallest absolute Gasteiger partial charge is 0.112 e. The van der Waals surface area contributed by atoms with E-state index in [9.17, 15) is 0 Å². The van der Waals surface area contributed by atoms with Gasteiger partial charge >= 0.3 is 0 Å². The lowest BCUT2D eigenvalue weighted by Gasteiger charge is -2.24. The van der Waals surface area contributed by atoms with Crippen molar-refractivity contribution in [3.8, 4) is 0 Å². The fourth-order valence-electron chi connectivity index (χ4n) is 2.50. The van der Waals surface area contributed by atoms with Crippen molar-refractivity contribution in [2.24, 2.45) is 10.4 Å². The molecule has 1 aromatic carbocycles. The fourth-order valence-corrected chi connectivity index (χ4v) is 2.50. The Morgan fingerprint density at radius 2 is 1.90 bits per heavy atom. The molecule has 1 aromatic rings. The first-order valence-corrected chi connectivity index (χ1v) is 7.58. The molecule has 0 fully saturated rings. The van der Waals surface area contributed by atoms with Crippen molar-refractivity contribution in [2.45, 2.75) is 33.6 Å². The highest BCUT2D eigenvalue weighted by Crippen LogP contribution is 2.30. The first-order valence-electron chi connectivity index (χ1n) is 7.58. The van der Waals surface area contributed by atoms with E-state index in [0.29, 0.717) is 0 Å². The Labute approximate surface area is 127 Å². The normalized spacial score (nSPS) is 18.0. The molecule has 3 rings (SSSR count). The van der Waals surface area contributed by atoms with Gasteiger partial charge in [0.2, 0.25) is 0 Å². The highest BCUT2D eigenvalue weighted by molar-refractivity contribution is 5.95. The third-order valence-electron chi connectivity index (χ3n) is 3.74. The molecule has 1 aliphatic heterocycles. The Balaban J connectivity index is 2.11. The van der Waals surface area contributed by atoms with Crippen molar-refractivity contribution >= 4 is 17.6 Å². The summed E-state index contributed by atoms with van der Waals surface area (Å²) in [5, 5.41) is 3.56. The molecule has 0 bridgehead atoms. The van der Waals surface area contributed by atoms with Gasteiger partial charge < -0.3 is 5.32 Å². The molecule has 0 aromatic heterocycles. The second-order valence-electron chi connectivity index (χ2n) is 6.59. The first kappa shape index (κ1) is 13.9. The molecule has 1 heterocycles. The highest BCUT2D eigenvalue weighted by Gasteiger charge is 2.23. The number of nitrogens with zero attached hydrogens (tertiary/aromatic N) is 1. The van der Waals surface area contributed by atoms with Crippen molar-refractivity contribution in [2.75, 3.05) is 0 Å². The number of hydrogen-bond acceptors (Lipinski definition) is 2. The van der Waals surface area contributed by atoms with Gasteiger partial charge in [0.25, 0.3) is 0 Å². The summed E-state index contributed by atoms with van der Waals surface area (Å²) >= 11 is 0. The van der Waals surface area contributed by atoms with Crippen LogP contribution in [-0.2, 0) is 0 Å². The number of para-hydroxylation sites is 1. The molecule has 2 aliphatic rings. The van der Waals surface area contributed by atoms with Crippen LogP contribution in [0.5, 0.6) is 0 Å². The monoisotopic (exact) mass is 278 g/mol. The van der Waals surface area contributed by atoms with Crippen LogP contribution in [0.25, 0.3) is 6.08 Å². The largest absolute Gasteiger partial charge is 0.343 e. The maximum Gasteiger partial charge on any atom is 0.112 e. The summed E-state index contributed by atoms with van der Waals surface area (Å²) in [6, 6.07) is 8.31. The van der Waals surface area contributed by atoms with Gasteiger partial charge in [-0.3, -0.25) is 0 Å². The number of allylic oxidation sites excluding steroid dienone is 3. The van der Waals surface area contributed by atoms with Gasteiger partial charge in [0.1, 0.15) is 5.84 Å². The van der Waals surface area contributed by atoms with Crippen LogP contribution in [0.2, 0.25) is 0 Å². The SMILES string of the molecule is CC(C)(C)C1=Nc2ccccc2C=C(C2=CCCC=C2)N1. The molecule has 2 nitrogen and oxygen atoms in total. The molecule has 0 unspecified atom stereocenters. The molecule has 1 N–H and O–H groups in total. The lowest BCUT2D eigenvalue weighted by molar-refractivity contribution is 0.574. The summed E-state index contributed by atoms with van der Waals surface area (Å²) in [5.41, 5.74) is 4.58. The zero-order valence-electron chi connectivity index (χ0n) is 13.0. The zero-order chi connectivity index (χ0) is 14.9. The van der Waals surface area contributed by atoms with Crippen LogP contribution < -0.4 is 5.32 Å². The Bertz CT molecular complexity index is 667. The van der Waals surface area contributed by atoms with Gasteiger partial charge in [0.15, 0.2) is 0 Å². The van der Waals surface area contributed by atoms with Crippen LogP contribution >= 0.6 is 0 Å². The fraction of sp³-hybridized carbons (Fsp3) is 0.316. The summed E-state index contributed by atoms with van der Waals surface area (Å²) in [4.78, 5) is 4.86. The number of aliphatic imine (C=N–C) groups is 1. The molecule has 0 amide bonds. The summed E-state index contributed by atoms with van der Waals surface area (Å²) in [6.07, 6.45) is 11.2. The first-order chi connectivity index (χ1) is 10.0. The maximum atomic E-state index is 4.86. The second-order valence-corrected chi connectivity index (χ2v) is 6.59. The minimum Gasteiger partial charge on any atom is -0.343 e. The maximum absolute atomic E-state index is 4.86. The number of hydrogen-bond donors (Lipinski definition) is 1. The predicted octanol–water partition coefficient (Wildman–Crippen LogP) is 4.98. The van der Waals surface area contributed by atoms with E-state index in [1.165, 1.54) is 11.1 Å². The number of fused-ring (bicyclic) bond motifs is 1. The van der Waals surface area contributed by atoms with E-state index >= 15 is 0 Å². The number of nitrogens with one attached hydrogen (secondary N) is 1. The Hall–Kier alpha value is -2.09. The highest BCUT2D eigenvalue weighted by atomic mass is 15.0. The van der Waals surface area contributed by atoms with Gasteiger partial charge in [-0.05, 0) is 30.6 Å². The third kappa shape index (κ3) is 2.99. The molecular weight excluding hydrogens is 256 g/mol. The van der Waals surface area contributed by atoms with Crippen LogP contribution in [0, 0.1) is 5.41 Å². The molecule has 0 radical (unpaired) electrons. The van der Waals surface area contributed by atoms with Gasteiger partial charge in [-0.1, -0.05) is 57.2 Å². The van der Waals surface area contributed by atoms with Gasteiger partial charge in [-0.25, -0.2) is 4.99 Å². The van der Waals surface area contributed by atoms with Gasteiger partial charge in [-0.2, -0.15) is 0 Å². The minimum absolute atomic E-state index is 0.0184. The zero-order valence-corrected chi connectivity index (χ0v) is 13.0. The Kier molecular flexibility index (Phi) is 3.54. The predicted molar refractivity (Wildman–Crippen MR) is 90.6 cm³/mol. The molecule has 0 saturated heterocycles. The molecular formula is C19H22N2. The summed E-state index contributed by atoms with van der Waals surface area (Å²) in [6.45, 7) is 6.57. The summed E-state index contributed by atoms with van der Waals surface area (Å²) < 4.78 is 0. The van der Waals surface area contributed by atoms with Gasteiger partial charge in [0, 0.05) is 16.7 Å². The molecule has 0 atom stereocenters. The van der Waals surface area contributed by atoms with E-state index in [0.717, 1.165) is 30.1 Å². The average Bonchev–Trinajstić information content (AvgIpc) is 2.67. The minimum atomic E-state index is -0.0184. The lowest BCUT2D eigenvalue weighted by Crippen LogP contribution is -2.34. The van der Waals surface area contributed by atoms with E-state index in [-0.39, 0.29) is 5.41 Å². The van der Waals surface area contributed by atoms with E-state index in [1.807, 2.05) is 6.07 Å². The summed E-state index contributed by atoms with van der Waals surface area (Å²) in [5.74, 6) is 1.01. The lowest BCUT2D eigenvalue weighted by atomic mass is 9.94. The van der Waals surface area contributed by atoms with E-state index < -0.39 is 0 Å². The van der Waals surface area contributed by atoms with Gasteiger partial charge in [0.05, 0.1) is 5.69 Å². The molecule has 0 saturated carbocycles. The van der Waals surface area contributed by atoms with Crippen molar-refractivity contribution in [1.29, 1.82) is 0 Å². The Morgan fingerprint density at radius 3 is 2.62 bits per heavy atom. The molecule has 108 valence electrons. The topological polar surface area (TPSA) is 24.4 Å². The number of rotatable bonds is 1. The van der Waals surface area contributed by atoms with E-state index in [4.69, 9.17) is 4.99 Å². The van der Waals surface area contributed by atoms with Crippen LogP contribution in [0.1, 0.15) is 39.2 Å². The van der Waals surface area contributed by atoms with Gasteiger partial charge in [-0.15, -0.1) is 0 Å². The number of amidine groups is 1. The van der Waals surface area contributed by atoms with Crippen LogP contribution in [0.3, 0.4) is 0 Å². The van der Waals surface area contributed by atoms with E-state index in [2.05, 4.69) is 68.6 Å². The van der Waals surface area contributed by atoms with E-state index in [1.54, 1.807) is 0 Å². The van der Waals surface area contributed by atoms with Crippen molar-refractivity contribution in [1.82, 2.24) is 5.32 Å². The third-order valence-corrected chi connectivity index (χ3v) is 3.74.